The van der Waals surface area contributed by atoms with Crippen LogP contribution in [0.2, 0.25) is 0 Å². The number of halogens is 1. The first kappa shape index (κ1) is 15.0. The summed E-state index contributed by atoms with van der Waals surface area (Å²) in [7, 11) is 0. The van der Waals surface area contributed by atoms with E-state index in [1.807, 2.05) is 24.3 Å². The zero-order chi connectivity index (χ0) is 14.7. The Bertz CT molecular complexity index is 521. The molecule has 1 amide bonds. The molecule has 1 fully saturated rings. The molecule has 0 spiro atoms. The molecule has 0 aromatic heterocycles. The maximum Gasteiger partial charge on any atom is 0.326 e. The molecule has 1 unspecified atom stereocenters. The maximum atomic E-state index is 11.9. The molecule has 20 heavy (non-hydrogen) atoms. The van der Waals surface area contributed by atoms with E-state index in [2.05, 4.69) is 15.9 Å². The van der Waals surface area contributed by atoms with E-state index in [0.717, 1.165) is 10.0 Å². The summed E-state index contributed by atoms with van der Waals surface area (Å²) < 4.78 is 0.895. The molecule has 1 saturated heterocycles. The SMILES string of the molecule is NCC1CC(=O)N([C@H](Cc2cccc(Br)c2)C(=O)O)C1. The lowest BCUT2D eigenvalue weighted by Crippen LogP contribution is -2.44. The molecule has 108 valence electrons. The second-order valence-electron chi connectivity index (χ2n) is 5.04. The van der Waals surface area contributed by atoms with E-state index >= 15 is 0 Å². The van der Waals surface area contributed by atoms with Crippen LogP contribution in [0.4, 0.5) is 0 Å². The number of benzene rings is 1. The van der Waals surface area contributed by atoms with Gasteiger partial charge in [-0.25, -0.2) is 4.79 Å². The molecule has 2 atom stereocenters. The van der Waals surface area contributed by atoms with E-state index in [1.54, 1.807) is 0 Å². The quantitative estimate of drug-likeness (QED) is 0.844. The number of carboxylic acid groups (broad SMARTS) is 1. The number of hydrogen-bond donors (Lipinski definition) is 2. The highest BCUT2D eigenvalue weighted by atomic mass is 79.9. The molecule has 0 aliphatic carbocycles. The van der Waals surface area contributed by atoms with Crippen LogP contribution in [0, 0.1) is 5.92 Å². The number of amides is 1. The fourth-order valence-corrected chi connectivity index (χ4v) is 2.93. The molecule has 1 heterocycles. The standard InChI is InChI=1S/C14H17BrN2O3/c15-11-3-1-2-9(4-11)5-12(14(19)20)17-8-10(7-16)6-13(17)18/h1-4,10,12H,5-8,16H2,(H,19,20)/t10?,12-/m1/s1. The van der Waals surface area contributed by atoms with Gasteiger partial charge in [0, 0.05) is 23.9 Å². The largest absolute Gasteiger partial charge is 0.480 e. The number of carbonyl (C=O) groups is 2. The fraction of sp³-hybridized carbons (Fsp3) is 0.429. The minimum absolute atomic E-state index is 0.0619. The van der Waals surface area contributed by atoms with E-state index < -0.39 is 12.0 Å². The van der Waals surface area contributed by atoms with E-state index in [1.165, 1.54) is 4.90 Å². The Labute approximate surface area is 125 Å². The molecule has 1 aliphatic rings. The molecule has 2 rings (SSSR count). The topological polar surface area (TPSA) is 83.6 Å². The van der Waals surface area contributed by atoms with Gasteiger partial charge in [0.25, 0.3) is 0 Å². The van der Waals surface area contributed by atoms with Crippen LogP contribution in [0.1, 0.15) is 12.0 Å². The maximum absolute atomic E-state index is 11.9. The zero-order valence-electron chi connectivity index (χ0n) is 11.0. The number of nitrogens with two attached hydrogens (primary N) is 1. The molecule has 0 bridgehead atoms. The minimum Gasteiger partial charge on any atom is -0.480 e. The van der Waals surface area contributed by atoms with Crippen LogP contribution in [0.15, 0.2) is 28.7 Å². The predicted octanol–water partition coefficient (Wildman–Crippen LogP) is 1.25. The van der Waals surface area contributed by atoms with Gasteiger partial charge < -0.3 is 15.7 Å². The van der Waals surface area contributed by atoms with Crippen LogP contribution < -0.4 is 5.73 Å². The number of aliphatic carboxylic acids is 1. The molecule has 5 nitrogen and oxygen atoms in total. The van der Waals surface area contributed by atoms with E-state index in [9.17, 15) is 14.7 Å². The first-order chi connectivity index (χ1) is 9.51. The molecule has 6 heteroatoms. The van der Waals surface area contributed by atoms with Gasteiger partial charge in [-0.05, 0) is 30.2 Å². The van der Waals surface area contributed by atoms with Crippen molar-refractivity contribution in [3.05, 3.63) is 34.3 Å². The molecule has 1 aromatic rings. The number of carbonyl (C=O) groups excluding carboxylic acids is 1. The van der Waals surface area contributed by atoms with Crippen molar-refractivity contribution in [1.29, 1.82) is 0 Å². The molecule has 3 N–H and O–H groups in total. The summed E-state index contributed by atoms with van der Waals surface area (Å²) in [6.07, 6.45) is 0.649. The van der Waals surface area contributed by atoms with Gasteiger partial charge >= 0.3 is 5.97 Å². The lowest BCUT2D eigenvalue weighted by atomic mass is 10.0. The highest BCUT2D eigenvalue weighted by Gasteiger charge is 2.37. The van der Waals surface area contributed by atoms with Crippen LogP contribution in [0.3, 0.4) is 0 Å². The van der Waals surface area contributed by atoms with Crippen molar-refractivity contribution in [2.24, 2.45) is 11.7 Å². The average Bonchev–Trinajstić information content (AvgIpc) is 2.77. The van der Waals surface area contributed by atoms with Crippen molar-refractivity contribution in [2.45, 2.75) is 18.9 Å². The third-order valence-electron chi connectivity index (χ3n) is 3.55. The van der Waals surface area contributed by atoms with E-state index in [0.29, 0.717) is 25.9 Å². The lowest BCUT2D eigenvalue weighted by molar-refractivity contribution is -0.148. The lowest BCUT2D eigenvalue weighted by Gasteiger charge is -2.24. The second-order valence-corrected chi connectivity index (χ2v) is 5.96. The van der Waals surface area contributed by atoms with Gasteiger partial charge in [0.1, 0.15) is 6.04 Å². The van der Waals surface area contributed by atoms with Crippen molar-refractivity contribution >= 4 is 27.8 Å². The summed E-state index contributed by atoms with van der Waals surface area (Å²) in [5.74, 6) is -1.04. The number of hydrogen-bond acceptors (Lipinski definition) is 3. The van der Waals surface area contributed by atoms with Gasteiger partial charge in [-0.2, -0.15) is 0 Å². The van der Waals surface area contributed by atoms with Crippen LogP contribution in [0.5, 0.6) is 0 Å². The number of rotatable bonds is 5. The molecule has 1 aromatic carbocycles. The number of carboxylic acids is 1. The van der Waals surface area contributed by atoms with Crippen LogP contribution in [-0.4, -0.2) is 41.0 Å². The Morgan fingerprint density at radius 1 is 1.55 bits per heavy atom. The van der Waals surface area contributed by atoms with Gasteiger partial charge in [-0.3, -0.25) is 4.79 Å². The summed E-state index contributed by atoms with van der Waals surface area (Å²) in [4.78, 5) is 24.9. The Balaban J connectivity index is 2.16. The van der Waals surface area contributed by atoms with Crippen LogP contribution >= 0.6 is 15.9 Å². The summed E-state index contributed by atoms with van der Waals surface area (Å²) >= 11 is 3.36. The van der Waals surface area contributed by atoms with Gasteiger partial charge in [0.15, 0.2) is 0 Å². The van der Waals surface area contributed by atoms with Crippen molar-refractivity contribution in [3.8, 4) is 0 Å². The van der Waals surface area contributed by atoms with Crippen molar-refractivity contribution in [2.75, 3.05) is 13.1 Å². The third-order valence-corrected chi connectivity index (χ3v) is 4.04. The number of likely N-dealkylation sites (tertiary alicyclic amines) is 1. The van der Waals surface area contributed by atoms with Crippen molar-refractivity contribution in [3.63, 3.8) is 0 Å². The molecule has 0 radical (unpaired) electrons. The average molecular weight is 341 g/mol. The summed E-state index contributed by atoms with van der Waals surface area (Å²) in [6.45, 7) is 0.839. The molecular formula is C14H17BrN2O3. The minimum atomic E-state index is -0.976. The summed E-state index contributed by atoms with van der Waals surface area (Å²) in [5, 5.41) is 9.40. The van der Waals surface area contributed by atoms with E-state index in [4.69, 9.17) is 5.73 Å². The summed E-state index contributed by atoms with van der Waals surface area (Å²) in [5.41, 5.74) is 6.46. The van der Waals surface area contributed by atoms with Gasteiger partial charge in [0.2, 0.25) is 5.91 Å². The van der Waals surface area contributed by atoms with Gasteiger partial charge in [-0.1, -0.05) is 28.1 Å². The van der Waals surface area contributed by atoms with Crippen molar-refractivity contribution < 1.29 is 14.7 Å². The first-order valence-electron chi connectivity index (χ1n) is 6.48. The third kappa shape index (κ3) is 3.37. The van der Waals surface area contributed by atoms with Crippen molar-refractivity contribution in [1.82, 2.24) is 4.90 Å². The van der Waals surface area contributed by atoms with Crippen LogP contribution in [0.25, 0.3) is 0 Å². The smallest absolute Gasteiger partial charge is 0.326 e. The zero-order valence-corrected chi connectivity index (χ0v) is 12.5. The Morgan fingerprint density at radius 2 is 2.30 bits per heavy atom. The van der Waals surface area contributed by atoms with E-state index in [-0.39, 0.29) is 11.8 Å². The van der Waals surface area contributed by atoms with Crippen LogP contribution in [-0.2, 0) is 16.0 Å². The Kier molecular flexibility index (Phi) is 4.77. The highest BCUT2D eigenvalue weighted by molar-refractivity contribution is 9.10. The predicted molar refractivity (Wildman–Crippen MR) is 78.1 cm³/mol. The number of nitrogens with zero attached hydrogens (tertiary/aromatic N) is 1. The first-order valence-corrected chi connectivity index (χ1v) is 7.27. The highest BCUT2D eigenvalue weighted by Crippen LogP contribution is 2.22. The fourth-order valence-electron chi connectivity index (χ4n) is 2.49. The summed E-state index contributed by atoms with van der Waals surface area (Å²) in [6, 6.07) is 6.64. The van der Waals surface area contributed by atoms with Gasteiger partial charge in [0.05, 0.1) is 0 Å². The normalized spacial score (nSPS) is 20.2. The second kappa shape index (κ2) is 6.37. The molecular weight excluding hydrogens is 324 g/mol. The van der Waals surface area contributed by atoms with Gasteiger partial charge in [-0.15, -0.1) is 0 Å². The monoisotopic (exact) mass is 340 g/mol. The molecule has 1 aliphatic heterocycles. The Morgan fingerprint density at radius 3 is 2.85 bits per heavy atom. The Hall–Kier alpha value is -1.40. The molecule has 0 saturated carbocycles.